The highest BCUT2D eigenvalue weighted by molar-refractivity contribution is 6.30. The van der Waals surface area contributed by atoms with Crippen LogP contribution >= 0.6 is 11.6 Å². The molecule has 1 N–H and O–H groups in total. The zero-order valence-electron chi connectivity index (χ0n) is 10.7. The first-order valence-electron chi connectivity index (χ1n) is 6.21. The predicted molar refractivity (Wildman–Crippen MR) is 76.1 cm³/mol. The Hall–Kier alpha value is -1.38. The molecule has 1 unspecified atom stereocenters. The highest BCUT2D eigenvalue weighted by atomic mass is 35.5. The highest BCUT2D eigenvalue weighted by Crippen LogP contribution is 2.24. The van der Waals surface area contributed by atoms with Crippen LogP contribution in [0.25, 0.3) is 0 Å². The maximum atomic E-state index is 13.7. The summed E-state index contributed by atoms with van der Waals surface area (Å²) in [5.41, 5.74) is 2.70. The van der Waals surface area contributed by atoms with Gasteiger partial charge in [0.05, 0.1) is 6.61 Å². The van der Waals surface area contributed by atoms with Crippen LogP contribution in [0, 0.1) is 12.7 Å². The van der Waals surface area contributed by atoms with Crippen LogP contribution in [0.5, 0.6) is 0 Å². The van der Waals surface area contributed by atoms with Crippen LogP contribution in [0.2, 0.25) is 5.02 Å². The van der Waals surface area contributed by atoms with Crippen molar-refractivity contribution in [3.05, 3.63) is 70.0 Å². The first-order valence-corrected chi connectivity index (χ1v) is 6.59. The molecule has 2 aromatic carbocycles. The molecule has 0 fully saturated rings. The Morgan fingerprint density at radius 1 is 1.16 bits per heavy atom. The van der Waals surface area contributed by atoms with Crippen molar-refractivity contribution in [2.24, 2.45) is 0 Å². The van der Waals surface area contributed by atoms with Crippen molar-refractivity contribution in [2.75, 3.05) is 6.61 Å². The lowest BCUT2D eigenvalue weighted by Crippen LogP contribution is -2.09. The fraction of sp³-hybridized carbons (Fsp3) is 0.250. The lowest BCUT2D eigenvalue weighted by molar-refractivity contribution is 0.263. The summed E-state index contributed by atoms with van der Waals surface area (Å²) in [4.78, 5) is 0. The highest BCUT2D eigenvalue weighted by Gasteiger charge is 2.14. The van der Waals surface area contributed by atoms with E-state index in [-0.39, 0.29) is 18.3 Å². The van der Waals surface area contributed by atoms with Gasteiger partial charge in [-0.05, 0) is 42.7 Å². The van der Waals surface area contributed by atoms with E-state index in [1.54, 1.807) is 6.07 Å². The molecule has 2 rings (SSSR count). The Kier molecular flexibility index (Phi) is 4.56. The molecule has 100 valence electrons. The van der Waals surface area contributed by atoms with Crippen molar-refractivity contribution in [1.82, 2.24) is 0 Å². The molecule has 19 heavy (non-hydrogen) atoms. The summed E-state index contributed by atoms with van der Waals surface area (Å²) in [7, 11) is 0. The van der Waals surface area contributed by atoms with Crippen molar-refractivity contribution in [2.45, 2.75) is 19.3 Å². The third-order valence-electron chi connectivity index (χ3n) is 3.24. The van der Waals surface area contributed by atoms with E-state index in [9.17, 15) is 9.50 Å². The van der Waals surface area contributed by atoms with Gasteiger partial charge in [0, 0.05) is 10.9 Å². The first kappa shape index (κ1) is 14.0. The van der Waals surface area contributed by atoms with Crippen molar-refractivity contribution in [3.8, 4) is 0 Å². The number of halogens is 2. The fourth-order valence-electron chi connectivity index (χ4n) is 2.09. The minimum absolute atomic E-state index is 0.0188. The summed E-state index contributed by atoms with van der Waals surface area (Å²) in [5.74, 6) is -0.400. The van der Waals surface area contributed by atoms with Crippen LogP contribution in [0.4, 0.5) is 4.39 Å². The quantitative estimate of drug-likeness (QED) is 0.892. The Morgan fingerprint density at radius 3 is 2.47 bits per heavy atom. The molecule has 0 saturated heterocycles. The average Bonchev–Trinajstić information content (AvgIpc) is 2.41. The number of hydrogen-bond acceptors (Lipinski definition) is 1. The monoisotopic (exact) mass is 278 g/mol. The Labute approximate surface area is 117 Å². The summed E-state index contributed by atoms with van der Waals surface area (Å²) in [6.45, 7) is 1.99. The van der Waals surface area contributed by atoms with Gasteiger partial charge in [0.2, 0.25) is 0 Å². The molecule has 0 aliphatic carbocycles. The summed E-state index contributed by atoms with van der Waals surface area (Å²) in [5, 5.41) is 10.0. The smallest absolute Gasteiger partial charge is 0.126 e. The standard InChI is InChI=1S/C16H16ClFO/c1-11-2-4-12(5-3-11)14(10-19)8-13-9-15(17)6-7-16(13)18/h2-7,9,14,19H,8,10H2,1H3. The number of hydrogen-bond donors (Lipinski definition) is 1. The third kappa shape index (κ3) is 3.55. The van der Waals surface area contributed by atoms with Gasteiger partial charge in [-0.25, -0.2) is 4.39 Å². The molecule has 0 aromatic heterocycles. The van der Waals surface area contributed by atoms with E-state index in [1.165, 1.54) is 12.1 Å². The molecule has 0 amide bonds. The van der Waals surface area contributed by atoms with Gasteiger partial charge in [-0.2, -0.15) is 0 Å². The van der Waals surface area contributed by atoms with E-state index in [4.69, 9.17) is 11.6 Å². The van der Waals surface area contributed by atoms with Crippen LogP contribution in [0.3, 0.4) is 0 Å². The van der Waals surface area contributed by atoms with Gasteiger partial charge in [0.25, 0.3) is 0 Å². The van der Waals surface area contributed by atoms with Gasteiger partial charge in [0.15, 0.2) is 0 Å². The van der Waals surface area contributed by atoms with Crippen molar-refractivity contribution >= 4 is 11.6 Å². The summed E-state index contributed by atoms with van der Waals surface area (Å²) < 4.78 is 13.7. The first-order chi connectivity index (χ1) is 9.10. The average molecular weight is 279 g/mol. The lowest BCUT2D eigenvalue weighted by atomic mass is 9.92. The summed E-state index contributed by atoms with van der Waals surface area (Å²) >= 11 is 5.88. The molecule has 1 nitrogen and oxygen atoms in total. The molecular formula is C16H16ClFO. The van der Waals surface area contributed by atoms with Crippen LogP contribution in [0.15, 0.2) is 42.5 Å². The number of aliphatic hydroxyl groups excluding tert-OH is 1. The third-order valence-corrected chi connectivity index (χ3v) is 3.48. The number of aliphatic hydroxyl groups is 1. The van der Waals surface area contributed by atoms with Crippen LogP contribution in [0.1, 0.15) is 22.6 Å². The molecule has 0 radical (unpaired) electrons. The van der Waals surface area contributed by atoms with E-state index >= 15 is 0 Å². The molecule has 0 saturated carbocycles. The number of benzene rings is 2. The van der Waals surface area contributed by atoms with Gasteiger partial charge < -0.3 is 5.11 Å². The largest absolute Gasteiger partial charge is 0.396 e. The van der Waals surface area contributed by atoms with E-state index in [0.717, 1.165) is 11.1 Å². The maximum Gasteiger partial charge on any atom is 0.126 e. The number of rotatable bonds is 4. The minimum atomic E-state index is -0.282. The molecule has 0 spiro atoms. The van der Waals surface area contributed by atoms with Gasteiger partial charge in [0.1, 0.15) is 5.82 Å². The van der Waals surface area contributed by atoms with Crippen LogP contribution in [-0.2, 0) is 6.42 Å². The van der Waals surface area contributed by atoms with E-state index < -0.39 is 0 Å². The SMILES string of the molecule is Cc1ccc(C(CO)Cc2cc(Cl)ccc2F)cc1. The Bertz CT molecular complexity index is 551. The predicted octanol–water partition coefficient (Wildman–Crippen LogP) is 4.11. The normalized spacial score (nSPS) is 12.4. The Balaban J connectivity index is 2.23. The maximum absolute atomic E-state index is 13.7. The van der Waals surface area contributed by atoms with Crippen molar-refractivity contribution in [1.29, 1.82) is 0 Å². The molecular weight excluding hydrogens is 263 g/mol. The second-order valence-electron chi connectivity index (χ2n) is 4.73. The molecule has 1 atom stereocenters. The van der Waals surface area contributed by atoms with Crippen molar-refractivity contribution < 1.29 is 9.50 Å². The van der Waals surface area contributed by atoms with Gasteiger partial charge in [-0.15, -0.1) is 0 Å². The van der Waals surface area contributed by atoms with Gasteiger partial charge >= 0.3 is 0 Å². The zero-order valence-corrected chi connectivity index (χ0v) is 11.5. The molecule has 0 aliphatic heterocycles. The lowest BCUT2D eigenvalue weighted by Gasteiger charge is -2.15. The second-order valence-corrected chi connectivity index (χ2v) is 5.17. The van der Waals surface area contributed by atoms with Crippen molar-refractivity contribution in [3.63, 3.8) is 0 Å². The van der Waals surface area contributed by atoms with Gasteiger partial charge in [-0.3, -0.25) is 0 Å². The van der Waals surface area contributed by atoms with Gasteiger partial charge in [-0.1, -0.05) is 41.4 Å². The molecule has 0 aliphatic rings. The minimum Gasteiger partial charge on any atom is -0.396 e. The van der Waals surface area contributed by atoms with Crippen LogP contribution < -0.4 is 0 Å². The van der Waals surface area contributed by atoms with E-state index in [0.29, 0.717) is 17.0 Å². The molecule has 0 bridgehead atoms. The summed E-state index contributed by atoms with van der Waals surface area (Å²) in [6, 6.07) is 12.4. The molecule has 2 aromatic rings. The Morgan fingerprint density at radius 2 is 1.84 bits per heavy atom. The second kappa shape index (κ2) is 6.18. The molecule has 0 heterocycles. The van der Waals surface area contributed by atoms with Crippen LogP contribution in [-0.4, -0.2) is 11.7 Å². The number of aryl methyl sites for hydroxylation is 1. The topological polar surface area (TPSA) is 20.2 Å². The van der Waals surface area contributed by atoms with E-state index in [2.05, 4.69) is 0 Å². The summed E-state index contributed by atoms with van der Waals surface area (Å²) in [6.07, 6.45) is 0.436. The zero-order chi connectivity index (χ0) is 13.8. The fourth-order valence-corrected chi connectivity index (χ4v) is 2.29. The van der Waals surface area contributed by atoms with E-state index in [1.807, 2.05) is 31.2 Å². The molecule has 3 heteroatoms.